The van der Waals surface area contributed by atoms with Crippen LogP contribution >= 0.6 is 0 Å². The van der Waals surface area contributed by atoms with E-state index in [1.165, 1.54) is 42.5 Å². The Kier molecular flexibility index (Phi) is 6.10. The second-order valence-electron chi connectivity index (χ2n) is 5.00. The molecule has 0 bridgehead atoms. The number of hydrogen-bond acceptors (Lipinski definition) is 1. The fourth-order valence-electron chi connectivity index (χ4n) is 2.25. The number of nitrogens with one attached hydrogen (secondary N) is 1. The summed E-state index contributed by atoms with van der Waals surface area (Å²) in [7, 11) is 0. The lowest BCUT2D eigenvalue weighted by Crippen LogP contribution is -2.16. The Morgan fingerprint density at radius 2 is 1.94 bits per heavy atom. The summed E-state index contributed by atoms with van der Waals surface area (Å²) in [4.78, 5) is 0. The second kappa shape index (κ2) is 7.37. The van der Waals surface area contributed by atoms with Crippen LogP contribution in [0.3, 0.4) is 0 Å². The molecular formula is C16H27N. The minimum absolute atomic E-state index is 0.577. The van der Waals surface area contributed by atoms with Gasteiger partial charge in [0.05, 0.1) is 0 Å². The third-order valence-corrected chi connectivity index (χ3v) is 3.37. The molecule has 0 heterocycles. The molecule has 0 saturated carbocycles. The molecule has 96 valence electrons. The molecule has 0 aromatic heterocycles. The molecule has 1 aromatic carbocycles. The summed E-state index contributed by atoms with van der Waals surface area (Å²) in [5.41, 5.74) is 4.16. The van der Waals surface area contributed by atoms with Gasteiger partial charge in [-0.2, -0.15) is 0 Å². The number of para-hydroxylation sites is 1. The average molecular weight is 233 g/mol. The van der Waals surface area contributed by atoms with Gasteiger partial charge in [0.2, 0.25) is 0 Å². The molecule has 1 atom stereocenters. The predicted molar refractivity (Wildman–Crippen MR) is 77.8 cm³/mol. The van der Waals surface area contributed by atoms with E-state index in [0.29, 0.717) is 6.04 Å². The summed E-state index contributed by atoms with van der Waals surface area (Å²) in [6, 6.07) is 7.16. The highest BCUT2D eigenvalue weighted by Crippen LogP contribution is 2.22. The highest BCUT2D eigenvalue weighted by atomic mass is 14.9. The van der Waals surface area contributed by atoms with Crippen LogP contribution in [-0.4, -0.2) is 6.04 Å². The van der Waals surface area contributed by atoms with E-state index in [1.54, 1.807) is 0 Å². The summed E-state index contributed by atoms with van der Waals surface area (Å²) >= 11 is 0. The summed E-state index contributed by atoms with van der Waals surface area (Å²) in [5.74, 6) is 0. The van der Waals surface area contributed by atoms with Gasteiger partial charge in [0.25, 0.3) is 0 Å². The first-order valence-electron chi connectivity index (χ1n) is 7.04. The quantitative estimate of drug-likeness (QED) is 0.658. The van der Waals surface area contributed by atoms with Crippen LogP contribution in [0.1, 0.15) is 57.6 Å². The maximum Gasteiger partial charge on any atom is 0.0404 e. The van der Waals surface area contributed by atoms with Crippen LogP contribution in [0.25, 0.3) is 0 Å². The Morgan fingerprint density at radius 3 is 2.59 bits per heavy atom. The zero-order valence-corrected chi connectivity index (χ0v) is 11.8. The summed E-state index contributed by atoms with van der Waals surface area (Å²) < 4.78 is 0. The van der Waals surface area contributed by atoms with Gasteiger partial charge in [0.1, 0.15) is 0 Å². The lowest BCUT2D eigenvalue weighted by atomic mass is 10.0. The van der Waals surface area contributed by atoms with E-state index in [-0.39, 0.29) is 0 Å². The fourth-order valence-corrected chi connectivity index (χ4v) is 2.25. The van der Waals surface area contributed by atoms with Gasteiger partial charge in [-0.05, 0) is 37.8 Å². The third-order valence-electron chi connectivity index (χ3n) is 3.37. The van der Waals surface area contributed by atoms with E-state index in [4.69, 9.17) is 0 Å². The Hall–Kier alpha value is -0.980. The molecule has 0 aliphatic rings. The number of anilines is 1. The zero-order chi connectivity index (χ0) is 12.7. The van der Waals surface area contributed by atoms with E-state index >= 15 is 0 Å². The molecular weight excluding hydrogens is 206 g/mol. The van der Waals surface area contributed by atoms with Crippen molar-refractivity contribution in [1.29, 1.82) is 0 Å². The van der Waals surface area contributed by atoms with Crippen LogP contribution in [0.5, 0.6) is 0 Å². The van der Waals surface area contributed by atoms with Gasteiger partial charge >= 0.3 is 0 Å². The first kappa shape index (κ1) is 14.1. The van der Waals surface area contributed by atoms with Gasteiger partial charge in [-0.25, -0.2) is 0 Å². The Labute approximate surface area is 107 Å². The van der Waals surface area contributed by atoms with Gasteiger partial charge in [0.15, 0.2) is 0 Å². The van der Waals surface area contributed by atoms with E-state index in [1.807, 2.05) is 0 Å². The molecule has 0 aliphatic heterocycles. The Bertz CT molecular complexity index is 330. The molecule has 0 fully saturated rings. The second-order valence-corrected chi connectivity index (χ2v) is 5.00. The number of benzene rings is 1. The monoisotopic (exact) mass is 233 g/mol. The topological polar surface area (TPSA) is 12.0 Å². The smallest absolute Gasteiger partial charge is 0.0404 e. The van der Waals surface area contributed by atoms with E-state index in [2.05, 4.69) is 51.2 Å². The molecule has 1 N–H and O–H groups in total. The Balaban J connectivity index is 2.60. The van der Waals surface area contributed by atoms with Gasteiger partial charge in [0, 0.05) is 11.7 Å². The first-order valence-corrected chi connectivity index (χ1v) is 7.04. The highest BCUT2D eigenvalue weighted by Gasteiger charge is 2.07. The molecule has 1 aromatic rings. The number of hydrogen-bond donors (Lipinski definition) is 1. The fraction of sp³-hybridized carbons (Fsp3) is 0.625. The van der Waals surface area contributed by atoms with E-state index in [9.17, 15) is 0 Å². The zero-order valence-electron chi connectivity index (χ0n) is 11.8. The number of aryl methyl sites for hydroxylation is 2. The van der Waals surface area contributed by atoms with Crippen molar-refractivity contribution >= 4 is 5.69 Å². The number of unbranched alkanes of at least 4 members (excludes halogenated alkanes) is 2. The van der Waals surface area contributed by atoms with Crippen molar-refractivity contribution in [2.24, 2.45) is 0 Å². The molecule has 0 aliphatic carbocycles. The number of rotatable bonds is 7. The summed E-state index contributed by atoms with van der Waals surface area (Å²) in [5, 5.41) is 3.69. The predicted octanol–water partition coefficient (Wildman–Crippen LogP) is 4.94. The van der Waals surface area contributed by atoms with Crippen molar-refractivity contribution in [3.05, 3.63) is 29.3 Å². The normalized spacial score (nSPS) is 12.5. The van der Waals surface area contributed by atoms with Crippen molar-refractivity contribution in [2.75, 3.05) is 5.32 Å². The van der Waals surface area contributed by atoms with Crippen LogP contribution in [0.4, 0.5) is 5.69 Å². The van der Waals surface area contributed by atoms with Crippen LogP contribution in [-0.2, 0) is 6.42 Å². The van der Waals surface area contributed by atoms with Crippen molar-refractivity contribution in [3.8, 4) is 0 Å². The summed E-state index contributed by atoms with van der Waals surface area (Å²) in [6.07, 6.45) is 6.35. The largest absolute Gasteiger partial charge is 0.382 e. The van der Waals surface area contributed by atoms with Crippen molar-refractivity contribution in [2.45, 2.75) is 65.8 Å². The van der Waals surface area contributed by atoms with Gasteiger partial charge in [-0.1, -0.05) is 51.3 Å². The third kappa shape index (κ3) is 4.41. The van der Waals surface area contributed by atoms with Gasteiger partial charge in [-0.3, -0.25) is 0 Å². The van der Waals surface area contributed by atoms with Gasteiger partial charge in [-0.15, -0.1) is 0 Å². The minimum Gasteiger partial charge on any atom is -0.382 e. The van der Waals surface area contributed by atoms with Crippen LogP contribution in [0, 0.1) is 6.92 Å². The molecule has 0 saturated heterocycles. The standard InChI is InChI=1S/C16H27N/c1-5-7-8-11-14(4)17-16-13(3)10-9-12-15(16)6-2/h9-10,12,14,17H,5-8,11H2,1-4H3. The first-order chi connectivity index (χ1) is 8.19. The van der Waals surface area contributed by atoms with Crippen LogP contribution in [0.2, 0.25) is 0 Å². The summed E-state index contributed by atoms with van der Waals surface area (Å²) in [6.45, 7) is 8.97. The molecule has 0 spiro atoms. The highest BCUT2D eigenvalue weighted by molar-refractivity contribution is 5.57. The van der Waals surface area contributed by atoms with Crippen LogP contribution < -0.4 is 5.32 Å². The lowest BCUT2D eigenvalue weighted by Gasteiger charge is -2.19. The molecule has 0 radical (unpaired) electrons. The van der Waals surface area contributed by atoms with E-state index < -0.39 is 0 Å². The molecule has 1 unspecified atom stereocenters. The van der Waals surface area contributed by atoms with E-state index in [0.717, 1.165) is 6.42 Å². The molecule has 17 heavy (non-hydrogen) atoms. The van der Waals surface area contributed by atoms with Crippen molar-refractivity contribution in [1.82, 2.24) is 0 Å². The maximum atomic E-state index is 3.69. The minimum atomic E-state index is 0.577. The molecule has 1 heteroatoms. The molecule has 1 rings (SSSR count). The van der Waals surface area contributed by atoms with Crippen molar-refractivity contribution in [3.63, 3.8) is 0 Å². The maximum absolute atomic E-state index is 3.69. The van der Waals surface area contributed by atoms with Gasteiger partial charge < -0.3 is 5.32 Å². The van der Waals surface area contributed by atoms with Crippen LogP contribution in [0.15, 0.2) is 18.2 Å². The lowest BCUT2D eigenvalue weighted by molar-refractivity contribution is 0.614. The van der Waals surface area contributed by atoms with Crippen molar-refractivity contribution < 1.29 is 0 Å². The average Bonchev–Trinajstić information content (AvgIpc) is 2.32. The molecule has 1 nitrogen and oxygen atoms in total. The molecule has 0 amide bonds. The Morgan fingerprint density at radius 1 is 1.18 bits per heavy atom. The SMILES string of the molecule is CCCCCC(C)Nc1c(C)cccc1CC.